The van der Waals surface area contributed by atoms with Gasteiger partial charge in [0.2, 0.25) is 0 Å². The second-order valence-electron chi connectivity index (χ2n) is 3.82. The molecule has 1 heterocycles. The van der Waals surface area contributed by atoms with Gasteiger partial charge in [-0.05, 0) is 13.8 Å². The van der Waals surface area contributed by atoms with Crippen molar-refractivity contribution in [2.75, 3.05) is 13.2 Å². The van der Waals surface area contributed by atoms with Crippen molar-refractivity contribution < 1.29 is 18.6 Å². The molecule has 98 valence electrons. The molecule has 6 nitrogen and oxygen atoms in total. The van der Waals surface area contributed by atoms with Crippen molar-refractivity contribution in [2.24, 2.45) is 0 Å². The van der Waals surface area contributed by atoms with Crippen molar-refractivity contribution in [3.8, 4) is 0 Å². The van der Waals surface area contributed by atoms with Crippen molar-refractivity contribution in [3.63, 3.8) is 0 Å². The number of nitrogens with zero attached hydrogens (tertiary/aromatic N) is 1. The van der Waals surface area contributed by atoms with E-state index in [0.29, 0.717) is 0 Å². The van der Waals surface area contributed by atoms with Crippen molar-refractivity contribution in [2.45, 2.75) is 23.6 Å². The van der Waals surface area contributed by atoms with Gasteiger partial charge in [0.15, 0.2) is 8.68 Å². The van der Waals surface area contributed by atoms with Crippen LogP contribution in [0.15, 0.2) is 4.21 Å². The number of halogens is 1. The lowest BCUT2D eigenvalue weighted by molar-refractivity contribution is 0.122. The molecule has 0 fully saturated rings. The number of hydrogen-bond acceptors (Lipinski definition) is 6. The van der Waals surface area contributed by atoms with Crippen molar-refractivity contribution >= 4 is 33.0 Å². The number of aryl methyl sites for hydroxylation is 1. The van der Waals surface area contributed by atoms with E-state index in [0.717, 1.165) is 11.3 Å². The summed E-state index contributed by atoms with van der Waals surface area (Å²) in [6, 6.07) is 0. The standard InChI is InChI=1S/C8H13ClN2O4S2/c1-5-6(16-7(9)10-5)17(14,15)11-8(2,3-12)4-13/h11-13H,3-4H2,1-2H3. The molecule has 17 heavy (non-hydrogen) atoms. The highest BCUT2D eigenvalue weighted by atomic mass is 35.5. The monoisotopic (exact) mass is 300 g/mol. The van der Waals surface area contributed by atoms with Gasteiger partial charge in [0.1, 0.15) is 0 Å². The molecular formula is C8H13ClN2O4S2. The normalized spacial score (nSPS) is 13.0. The summed E-state index contributed by atoms with van der Waals surface area (Å²) in [5.41, 5.74) is -1.03. The van der Waals surface area contributed by atoms with Gasteiger partial charge in [-0.3, -0.25) is 0 Å². The van der Waals surface area contributed by atoms with Gasteiger partial charge in [-0.1, -0.05) is 22.9 Å². The summed E-state index contributed by atoms with van der Waals surface area (Å²) in [5, 5.41) is 18.1. The van der Waals surface area contributed by atoms with Crippen LogP contribution in [-0.4, -0.2) is 42.4 Å². The van der Waals surface area contributed by atoms with Gasteiger partial charge in [0.05, 0.1) is 24.4 Å². The van der Waals surface area contributed by atoms with Gasteiger partial charge in [-0.15, -0.1) is 0 Å². The number of rotatable bonds is 5. The summed E-state index contributed by atoms with van der Waals surface area (Å²) in [7, 11) is -3.85. The molecule has 0 unspecified atom stereocenters. The van der Waals surface area contributed by atoms with E-state index in [4.69, 9.17) is 21.8 Å². The van der Waals surface area contributed by atoms with Crippen molar-refractivity contribution in [1.29, 1.82) is 0 Å². The fourth-order valence-corrected chi connectivity index (χ4v) is 4.22. The highest BCUT2D eigenvalue weighted by Gasteiger charge is 2.31. The van der Waals surface area contributed by atoms with E-state index in [2.05, 4.69) is 9.71 Å². The van der Waals surface area contributed by atoms with Gasteiger partial charge in [-0.2, -0.15) is 4.72 Å². The Bertz CT molecular complexity index is 496. The van der Waals surface area contributed by atoms with Gasteiger partial charge in [0, 0.05) is 0 Å². The summed E-state index contributed by atoms with van der Waals surface area (Å²) in [4.78, 5) is 3.80. The number of hydrogen-bond donors (Lipinski definition) is 3. The number of aliphatic hydroxyl groups is 2. The Morgan fingerprint density at radius 2 is 2.00 bits per heavy atom. The fourth-order valence-electron chi connectivity index (χ4n) is 1.09. The molecule has 0 amide bonds. The molecule has 0 atom stereocenters. The summed E-state index contributed by atoms with van der Waals surface area (Å²) in [5.74, 6) is 0. The zero-order valence-electron chi connectivity index (χ0n) is 9.27. The van der Waals surface area contributed by atoms with Crippen LogP contribution in [0.2, 0.25) is 4.47 Å². The first kappa shape index (κ1) is 14.8. The Kier molecular flexibility index (Phi) is 4.50. The first-order chi connectivity index (χ1) is 7.74. The maximum Gasteiger partial charge on any atom is 0.252 e. The molecule has 0 radical (unpaired) electrons. The highest BCUT2D eigenvalue weighted by molar-refractivity contribution is 7.91. The molecular weight excluding hydrogens is 288 g/mol. The third-order valence-electron chi connectivity index (χ3n) is 2.05. The SMILES string of the molecule is Cc1nc(Cl)sc1S(=O)(=O)NC(C)(CO)CO. The third-order valence-corrected chi connectivity index (χ3v) is 5.56. The topological polar surface area (TPSA) is 99.5 Å². The summed E-state index contributed by atoms with van der Waals surface area (Å²) >= 11 is 6.45. The van der Waals surface area contributed by atoms with Crippen LogP contribution in [0.5, 0.6) is 0 Å². The Labute approximate surface area is 108 Å². The first-order valence-corrected chi connectivity index (χ1v) is 7.30. The predicted molar refractivity (Wildman–Crippen MR) is 64.8 cm³/mol. The molecule has 0 aromatic carbocycles. The second kappa shape index (κ2) is 5.17. The van der Waals surface area contributed by atoms with Crippen LogP contribution in [0, 0.1) is 6.92 Å². The minimum absolute atomic E-state index is 0.0179. The molecule has 3 N–H and O–H groups in total. The van der Waals surface area contributed by atoms with Crippen LogP contribution < -0.4 is 4.72 Å². The molecule has 0 saturated carbocycles. The lowest BCUT2D eigenvalue weighted by Gasteiger charge is -2.25. The fraction of sp³-hybridized carbons (Fsp3) is 0.625. The maximum absolute atomic E-state index is 12.0. The quantitative estimate of drug-likeness (QED) is 0.717. The average Bonchev–Trinajstić information content (AvgIpc) is 2.58. The zero-order valence-corrected chi connectivity index (χ0v) is 11.7. The van der Waals surface area contributed by atoms with Crippen molar-refractivity contribution in [1.82, 2.24) is 9.71 Å². The minimum Gasteiger partial charge on any atom is -0.394 e. The largest absolute Gasteiger partial charge is 0.394 e. The van der Waals surface area contributed by atoms with E-state index in [9.17, 15) is 8.42 Å². The van der Waals surface area contributed by atoms with Crippen LogP contribution in [0.1, 0.15) is 12.6 Å². The van der Waals surface area contributed by atoms with Gasteiger partial charge >= 0.3 is 0 Å². The van der Waals surface area contributed by atoms with Gasteiger partial charge in [-0.25, -0.2) is 13.4 Å². The number of aliphatic hydroxyl groups excluding tert-OH is 2. The van der Waals surface area contributed by atoms with Crippen LogP contribution in [0.3, 0.4) is 0 Å². The van der Waals surface area contributed by atoms with Crippen LogP contribution >= 0.6 is 22.9 Å². The molecule has 1 aromatic rings. The van der Waals surface area contributed by atoms with E-state index in [1.807, 2.05) is 0 Å². The molecule has 1 aromatic heterocycles. The Morgan fingerprint density at radius 1 is 1.47 bits per heavy atom. The smallest absolute Gasteiger partial charge is 0.252 e. The van der Waals surface area contributed by atoms with Crippen LogP contribution in [0.25, 0.3) is 0 Å². The lowest BCUT2D eigenvalue weighted by Crippen LogP contribution is -2.51. The molecule has 0 aliphatic rings. The molecule has 0 bridgehead atoms. The maximum atomic E-state index is 12.0. The summed E-state index contributed by atoms with van der Waals surface area (Å²) < 4.78 is 26.3. The van der Waals surface area contributed by atoms with E-state index in [1.54, 1.807) is 0 Å². The Balaban J connectivity index is 3.09. The van der Waals surface area contributed by atoms with Crippen LogP contribution in [-0.2, 0) is 10.0 Å². The Morgan fingerprint density at radius 3 is 2.35 bits per heavy atom. The summed E-state index contributed by atoms with van der Waals surface area (Å²) in [6.07, 6.45) is 0. The number of aromatic nitrogens is 1. The molecule has 0 aliphatic heterocycles. The molecule has 1 rings (SSSR count). The van der Waals surface area contributed by atoms with Crippen molar-refractivity contribution in [3.05, 3.63) is 10.2 Å². The van der Waals surface area contributed by atoms with E-state index in [-0.39, 0.29) is 14.4 Å². The number of nitrogens with one attached hydrogen (secondary N) is 1. The molecule has 0 saturated heterocycles. The van der Waals surface area contributed by atoms with Gasteiger partial charge < -0.3 is 10.2 Å². The third kappa shape index (κ3) is 3.36. The average molecular weight is 301 g/mol. The lowest BCUT2D eigenvalue weighted by atomic mass is 10.1. The predicted octanol–water partition coefficient (Wildman–Crippen LogP) is 0.127. The van der Waals surface area contributed by atoms with E-state index < -0.39 is 28.8 Å². The molecule has 0 aliphatic carbocycles. The van der Waals surface area contributed by atoms with Crippen LogP contribution in [0.4, 0.5) is 0 Å². The number of thiazole rings is 1. The zero-order chi connectivity index (χ0) is 13.3. The Hall–Kier alpha value is -0.250. The summed E-state index contributed by atoms with van der Waals surface area (Å²) in [6.45, 7) is 1.87. The highest BCUT2D eigenvalue weighted by Crippen LogP contribution is 2.27. The molecule has 0 spiro atoms. The van der Waals surface area contributed by atoms with Gasteiger partial charge in [0.25, 0.3) is 10.0 Å². The number of sulfonamides is 1. The van der Waals surface area contributed by atoms with E-state index >= 15 is 0 Å². The molecule has 9 heteroatoms. The second-order valence-corrected chi connectivity index (χ2v) is 7.28. The van der Waals surface area contributed by atoms with E-state index in [1.165, 1.54) is 13.8 Å². The first-order valence-electron chi connectivity index (χ1n) is 4.63. The minimum atomic E-state index is -3.85.